The van der Waals surface area contributed by atoms with Crippen LogP contribution in [0.2, 0.25) is 0 Å². The van der Waals surface area contributed by atoms with E-state index in [-0.39, 0.29) is 31.1 Å². The van der Waals surface area contributed by atoms with Crippen LogP contribution in [0, 0.1) is 5.92 Å². The van der Waals surface area contributed by atoms with Crippen LogP contribution in [-0.2, 0) is 28.6 Å². The summed E-state index contributed by atoms with van der Waals surface area (Å²) >= 11 is 0. The van der Waals surface area contributed by atoms with Crippen LogP contribution in [-0.4, -0.2) is 37.2 Å². The van der Waals surface area contributed by atoms with Gasteiger partial charge in [-0.2, -0.15) is 0 Å². The molecule has 350 valence electrons. The molecule has 0 spiro atoms. The Morgan fingerprint density at radius 2 is 0.593 bits per heavy atom. The third kappa shape index (κ3) is 45.8. The van der Waals surface area contributed by atoms with Gasteiger partial charge in [-0.1, -0.05) is 259 Å². The van der Waals surface area contributed by atoms with Crippen molar-refractivity contribution < 1.29 is 28.6 Å². The topological polar surface area (TPSA) is 78.9 Å². The molecule has 2 atom stereocenters. The first-order valence-electron chi connectivity index (χ1n) is 26.4. The summed E-state index contributed by atoms with van der Waals surface area (Å²) in [7, 11) is 0. The van der Waals surface area contributed by atoms with Crippen LogP contribution in [0.1, 0.15) is 297 Å². The number of ether oxygens (including phenoxy) is 3. The highest BCUT2D eigenvalue weighted by Gasteiger charge is 2.19. The molecule has 6 nitrogen and oxygen atoms in total. The third-order valence-electron chi connectivity index (χ3n) is 12.4. The Labute approximate surface area is 368 Å². The zero-order valence-corrected chi connectivity index (χ0v) is 40.2. The van der Waals surface area contributed by atoms with E-state index in [1.807, 2.05) is 0 Å². The number of esters is 3. The highest BCUT2D eigenvalue weighted by atomic mass is 16.6. The van der Waals surface area contributed by atoms with Crippen molar-refractivity contribution in [3.63, 3.8) is 0 Å². The van der Waals surface area contributed by atoms with Gasteiger partial charge in [0.15, 0.2) is 6.10 Å². The van der Waals surface area contributed by atoms with Crippen molar-refractivity contribution in [3.05, 3.63) is 0 Å². The lowest BCUT2D eigenvalue weighted by Crippen LogP contribution is -2.30. The van der Waals surface area contributed by atoms with Crippen LogP contribution in [0.4, 0.5) is 0 Å². The summed E-state index contributed by atoms with van der Waals surface area (Å²) in [5, 5.41) is 0. The van der Waals surface area contributed by atoms with E-state index in [1.165, 1.54) is 193 Å². The Morgan fingerprint density at radius 3 is 0.881 bits per heavy atom. The number of hydrogen-bond acceptors (Lipinski definition) is 6. The van der Waals surface area contributed by atoms with Crippen LogP contribution in [0.25, 0.3) is 0 Å². The summed E-state index contributed by atoms with van der Waals surface area (Å²) in [5.41, 5.74) is 0. The fraction of sp³-hybridized carbons (Fsp3) is 0.943. The molecule has 0 aliphatic carbocycles. The molecule has 59 heavy (non-hydrogen) atoms. The van der Waals surface area contributed by atoms with Gasteiger partial charge in [0.1, 0.15) is 13.2 Å². The molecular weight excluding hydrogens is 733 g/mol. The third-order valence-corrected chi connectivity index (χ3v) is 12.4. The molecule has 0 aliphatic rings. The van der Waals surface area contributed by atoms with Crippen LogP contribution in [0.3, 0.4) is 0 Å². The first-order chi connectivity index (χ1) is 28.9. The van der Waals surface area contributed by atoms with E-state index < -0.39 is 6.10 Å². The molecule has 0 saturated carbocycles. The summed E-state index contributed by atoms with van der Waals surface area (Å²) in [6.45, 7) is 9.06. The van der Waals surface area contributed by atoms with Gasteiger partial charge in [0.05, 0.1) is 0 Å². The van der Waals surface area contributed by atoms with Crippen molar-refractivity contribution in [1.29, 1.82) is 0 Å². The molecule has 0 fully saturated rings. The van der Waals surface area contributed by atoms with Crippen LogP contribution >= 0.6 is 0 Å². The maximum absolute atomic E-state index is 12.8. The van der Waals surface area contributed by atoms with Gasteiger partial charge in [-0.3, -0.25) is 14.4 Å². The molecular formula is C53H102O6. The highest BCUT2D eigenvalue weighted by molar-refractivity contribution is 5.71. The van der Waals surface area contributed by atoms with Crippen molar-refractivity contribution in [2.75, 3.05) is 13.2 Å². The predicted octanol–water partition coefficient (Wildman–Crippen LogP) is 17.1. The average molecular weight is 835 g/mol. The maximum atomic E-state index is 12.8. The van der Waals surface area contributed by atoms with Crippen LogP contribution < -0.4 is 0 Å². The lowest BCUT2D eigenvalue weighted by molar-refractivity contribution is -0.167. The molecule has 1 unspecified atom stereocenters. The Bertz CT molecular complexity index is 889. The van der Waals surface area contributed by atoms with Crippen molar-refractivity contribution >= 4 is 17.9 Å². The number of carbonyl (C=O) groups is 3. The maximum Gasteiger partial charge on any atom is 0.306 e. The van der Waals surface area contributed by atoms with Gasteiger partial charge >= 0.3 is 17.9 Å². The predicted molar refractivity (Wildman–Crippen MR) is 252 cm³/mol. The fourth-order valence-corrected chi connectivity index (χ4v) is 8.01. The standard InChI is InChI=1S/C53H102O6/c1-5-8-10-12-14-16-18-21-26-30-34-38-42-46-53(56)59-50(47-57-51(54)44-40-36-32-28-17-15-13-11-9-6-2)48-58-52(55)45-41-37-33-29-25-23-20-19-22-24-27-31-35-39-43-49(4)7-3/h49-50H,5-48H2,1-4H3/t49?,50-/m0/s1. The van der Waals surface area contributed by atoms with Crippen LogP contribution in [0.15, 0.2) is 0 Å². The number of hydrogen-bond donors (Lipinski definition) is 0. The van der Waals surface area contributed by atoms with Crippen molar-refractivity contribution in [2.24, 2.45) is 5.92 Å². The SMILES string of the molecule is CCCCCCCCCCCCCCCC(=O)O[C@@H](COC(=O)CCCCCCCCCCCC)COC(=O)CCCCCCCCCCCCCCCCC(C)CC. The lowest BCUT2D eigenvalue weighted by Gasteiger charge is -2.18. The highest BCUT2D eigenvalue weighted by Crippen LogP contribution is 2.18. The van der Waals surface area contributed by atoms with E-state index in [0.29, 0.717) is 19.3 Å². The molecule has 0 aromatic rings. The molecule has 0 radical (unpaired) electrons. The summed E-state index contributed by atoms with van der Waals surface area (Å²) in [4.78, 5) is 37.9. The van der Waals surface area contributed by atoms with Gasteiger partial charge in [0.2, 0.25) is 0 Å². The van der Waals surface area contributed by atoms with E-state index in [4.69, 9.17) is 14.2 Å². The summed E-state index contributed by atoms with van der Waals surface area (Å²) in [5.74, 6) is 0.0517. The number of rotatable bonds is 48. The molecule has 6 heteroatoms. The number of carbonyl (C=O) groups excluding carboxylic acids is 3. The molecule has 0 N–H and O–H groups in total. The molecule has 0 heterocycles. The van der Waals surface area contributed by atoms with Gasteiger partial charge in [0.25, 0.3) is 0 Å². The molecule has 0 bridgehead atoms. The van der Waals surface area contributed by atoms with Crippen LogP contribution in [0.5, 0.6) is 0 Å². The minimum atomic E-state index is -0.760. The Hall–Kier alpha value is -1.59. The van der Waals surface area contributed by atoms with E-state index in [1.54, 1.807) is 0 Å². The van der Waals surface area contributed by atoms with E-state index in [2.05, 4.69) is 27.7 Å². The summed E-state index contributed by atoms with van der Waals surface area (Å²) in [6, 6.07) is 0. The summed E-state index contributed by atoms with van der Waals surface area (Å²) in [6.07, 6.45) is 49.4. The molecule has 0 rings (SSSR count). The average Bonchev–Trinajstić information content (AvgIpc) is 3.23. The Morgan fingerprint density at radius 1 is 0.339 bits per heavy atom. The zero-order chi connectivity index (χ0) is 43.1. The Balaban J connectivity index is 4.25. The summed E-state index contributed by atoms with van der Waals surface area (Å²) < 4.78 is 16.8. The van der Waals surface area contributed by atoms with Gasteiger partial charge in [-0.25, -0.2) is 0 Å². The lowest BCUT2D eigenvalue weighted by atomic mass is 9.99. The van der Waals surface area contributed by atoms with E-state index in [9.17, 15) is 14.4 Å². The largest absolute Gasteiger partial charge is 0.462 e. The molecule has 0 saturated heterocycles. The minimum Gasteiger partial charge on any atom is -0.462 e. The second-order valence-electron chi connectivity index (χ2n) is 18.4. The zero-order valence-electron chi connectivity index (χ0n) is 40.2. The fourth-order valence-electron chi connectivity index (χ4n) is 8.01. The normalized spacial score (nSPS) is 12.4. The molecule has 0 aromatic carbocycles. The van der Waals surface area contributed by atoms with Crippen molar-refractivity contribution in [2.45, 2.75) is 303 Å². The molecule has 0 amide bonds. The van der Waals surface area contributed by atoms with Gasteiger partial charge < -0.3 is 14.2 Å². The first-order valence-corrected chi connectivity index (χ1v) is 26.4. The quantitative estimate of drug-likeness (QED) is 0.0345. The second kappa shape index (κ2) is 47.5. The van der Waals surface area contributed by atoms with Crippen molar-refractivity contribution in [3.8, 4) is 0 Å². The Kier molecular flexibility index (Phi) is 46.2. The molecule has 0 aromatic heterocycles. The van der Waals surface area contributed by atoms with E-state index >= 15 is 0 Å². The minimum absolute atomic E-state index is 0.0626. The molecule has 0 aliphatic heterocycles. The monoisotopic (exact) mass is 835 g/mol. The van der Waals surface area contributed by atoms with Gasteiger partial charge in [0, 0.05) is 19.3 Å². The number of unbranched alkanes of at least 4 members (excludes halogenated alkanes) is 34. The van der Waals surface area contributed by atoms with Gasteiger partial charge in [-0.05, 0) is 25.2 Å². The van der Waals surface area contributed by atoms with Gasteiger partial charge in [-0.15, -0.1) is 0 Å². The smallest absolute Gasteiger partial charge is 0.306 e. The van der Waals surface area contributed by atoms with E-state index in [0.717, 1.165) is 63.7 Å². The second-order valence-corrected chi connectivity index (χ2v) is 18.4. The first kappa shape index (κ1) is 57.4. The van der Waals surface area contributed by atoms with Crippen molar-refractivity contribution in [1.82, 2.24) is 0 Å².